The molecule has 1 aliphatic heterocycles. The van der Waals surface area contributed by atoms with Crippen LogP contribution >= 0.6 is 23.2 Å². The van der Waals surface area contributed by atoms with Crippen LogP contribution in [0.3, 0.4) is 0 Å². The zero-order valence-corrected chi connectivity index (χ0v) is 39.1. The lowest BCUT2D eigenvalue weighted by Crippen LogP contribution is -2.53. The van der Waals surface area contributed by atoms with Gasteiger partial charge < -0.3 is 25.5 Å². The van der Waals surface area contributed by atoms with Gasteiger partial charge in [0.2, 0.25) is 0 Å². The first-order valence-electron chi connectivity index (χ1n) is 20.5. The second kappa shape index (κ2) is 22.4. The van der Waals surface area contributed by atoms with Gasteiger partial charge in [0.15, 0.2) is 0 Å². The Morgan fingerprint density at radius 2 is 1.09 bits per heavy atom. The van der Waals surface area contributed by atoms with Crippen molar-refractivity contribution in [3.63, 3.8) is 0 Å². The van der Waals surface area contributed by atoms with Crippen LogP contribution < -0.4 is 13.9 Å². The zero-order chi connectivity index (χ0) is 50.0. The Labute approximate surface area is 406 Å². The van der Waals surface area contributed by atoms with Crippen LogP contribution in [0.15, 0.2) is 143 Å². The van der Waals surface area contributed by atoms with Gasteiger partial charge in [0.05, 0.1) is 94.0 Å². The van der Waals surface area contributed by atoms with Crippen LogP contribution in [-0.4, -0.2) is 87.3 Å². The third kappa shape index (κ3) is 12.4. The van der Waals surface area contributed by atoms with E-state index in [0.29, 0.717) is 21.2 Å². The Balaban J connectivity index is 0.000000227. The number of sulfonamides is 2. The molecule has 356 valence electrons. The molecule has 7 rings (SSSR count). The fourth-order valence-electron chi connectivity index (χ4n) is 6.73. The molecule has 1 aliphatic rings. The van der Waals surface area contributed by atoms with Crippen LogP contribution in [0.2, 0.25) is 10.0 Å². The standard InChI is InChI=1S/C24H21ClFN3O5S.C24H19ClFN3O4S/c25-18-6-4-16(5-7-18)13-29(35(33,34)21-3-1-2-17(10-21)12-27)20-8-9-23(26)22(11-20)24(32)28-19(14-30)15-31;25-18-6-4-16(5-7-18)13-29(34(32,33)21-3-1-2-17(10-21)12-27)19-8-9-23(26)22(11-19)24(31)28-14-20(30)15-28/h1-11,19,30-31H,13-15H2,(H,28,32);1-11,20,30H,13-15H2. The normalized spacial score (nSPS) is 12.5. The van der Waals surface area contributed by atoms with Crippen molar-refractivity contribution < 1.29 is 50.5 Å². The summed E-state index contributed by atoms with van der Waals surface area (Å²) in [5.74, 6) is -3.30. The van der Waals surface area contributed by atoms with Gasteiger partial charge in [-0.1, -0.05) is 59.6 Å². The summed E-state index contributed by atoms with van der Waals surface area (Å²) >= 11 is 11.9. The number of amides is 2. The monoisotopic (exact) mass is 1020 g/mol. The topological polar surface area (TPSA) is 232 Å². The van der Waals surface area contributed by atoms with Crippen molar-refractivity contribution in [3.05, 3.63) is 189 Å². The third-order valence-electron chi connectivity index (χ3n) is 10.5. The van der Waals surface area contributed by atoms with Crippen LogP contribution in [-0.2, 0) is 33.1 Å². The molecule has 0 aliphatic carbocycles. The number of hydrogen-bond donors (Lipinski definition) is 4. The predicted molar refractivity (Wildman–Crippen MR) is 252 cm³/mol. The number of nitriles is 2. The highest BCUT2D eigenvalue weighted by Gasteiger charge is 2.33. The molecule has 1 heterocycles. The van der Waals surface area contributed by atoms with Gasteiger partial charge >= 0.3 is 0 Å². The summed E-state index contributed by atoms with van der Waals surface area (Å²) in [6.45, 7) is -1.30. The molecule has 0 atom stereocenters. The number of nitrogens with zero attached hydrogens (tertiary/aromatic N) is 5. The molecule has 1 saturated heterocycles. The van der Waals surface area contributed by atoms with Gasteiger partial charge in [-0.15, -0.1) is 0 Å². The van der Waals surface area contributed by atoms with Crippen molar-refractivity contribution in [1.82, 2.24) is 10.2 Å². The van der Waals surface area contributed by atoms with Crippen LogP contribution in [0.25, 0.3) is 0 Å². The molecule has 15 nitrogen and oxygen atoms in total. The summed E-state index contributed by atoms with van der Waals surface area (Å²) < 4.78 is 85.7. The maximum atomic E-state index is 14.6. The van der Waals surface area contributed by atoms with E-state index in [1.165, 1.54) is 71.6 Å². The highest BCUT2D eigenvalue weighted by atomic mass is 35.5. The number of aliphatic hydroxyl groups excluding tert-OH is 3. The van der Waals surface area contributed by atoms with Crippen LogP contribution in [0, 0.1) is 34.3 Å². The molecular weight excluding hydrogens is 978 g/mol. The Hall–Kier alpha value is -6.94. The minimum atomic E-state index is -4.27. The van der Waals surface area contributed by atoms with Crippen molar-refractivity contribution in [1.29, 1.82) is 10.5 Å². The molecule has 0 unspecified atom stereocenters. The second-order valence-corrected chi connectivity index (χ2v) is 19.9. The van der Waals surface area contributed by atoms with E-state index in [1.807, 2.05) is 12.1 Å². The van der Waals surface area contributed by atoms with Crippen molar-refractivity contribution in [2.45, 2.75) is 35.0 Å². The minimum Gasteiger partial charge on any atom is -0.394 e. The van der Waals surface area contributed by atoms with Crippen LogP contribution in [0.1, 0.15) is 43.0 Å². The van der Waals surface area contributed by atoms with Gasteiger partial charge in [0, 0.05) is 23.1 Å². The Bertz CT molecular complexity index is 3170. The van der Waals surface area contributed by atoms with Crippen LogP contribution in [0.5, 0.6) is 0 Å². The Morgan fingerprint density at radius 3 is 1.49 bits per heavy atom. The first-order valence-corrected chi connectivity index (χ1v) is 24.2. The largest absolute Gasteiger partial charge is 0.394 e. The highest BCUT2D eigenvalue weighted by molar-refractivity contribution is 7.93. The molecule has 4 N–H and O–H groups in total. The number of hydrogen-bond acceptors (Lipinski definition) is 11. The number of likely N-dealkylation sites (tertiary alicyclic amines) is 1. The quantitative estimate of drug-likeness (QED) is 0.0880. The molecule has 0 bridgehead atoms. The van der Waals surface area contributed by atoms with E-state index >= 15 is 0 Å². The maximum Gasteiger partial charge on any atom is 0.264 e. The van der Waals surface area contributed by atoms with Crippen molar-refractivity contribution >= 4 is 66.4 Å². The zero-order valence-electron chi connectivity index (χ0n) is 36.0. The summed E-state index contributed by atoms with van der Waals surface area (Å²) in [5.41, 5.74) is 0.747. The van der Waals surface area contributed by atoms with Gasteiger partial charge in [0.25, 0.3) is 31.9 Å². The average molecular weight is 1020 g/mol. The van der Waals surface area contributed by atoms with E-state index in [2.05, 4.69) is 5.32 Å². The third-order valence-corrected chi connectivity index (χ3v) is 14.5. The number of benzene rings is 6. The number of rotatable bonds is 15. The number of nitrogens with one attached hydrogen (secondary N) is 1. The molecule has 21 heteroatoms. The van der Waals surface area contributed by atoms with Gasteiger partial charge in [-0.3, -0.25) is 18.2 Å². The average Bonchev–Trinajstić information content (AvgIpc) is 3.34. The Kier molecular flexibility index (Phi) is 16.7. The molecule has 6 aromatic rings. The molecule has 1 fully saturated rings. The highest BCUT2D eigenvalue weighted by Crippen LogP contribution is 2.31. The molecule has 0 radical (unpaired) electrons. The number of aliphatic hydroxyl groups is 3. The predicted octanol–water partition coefficient (Wildman–Crippen LogP) is 6.39. The van der Waals surface area contributed by atoms with E-state index in [-0.39, 0.29) is 64.0 Å². The lowest BCUT2D eigenvalue weighted by molar-refractivity contribution is 0.00559. The molecular formula is C48H40Cl2F2N6O9S2. The summed E-state index contributed by atoms with van der Waals surface area (Å²) in [7, 11) is -8.48. The fourth-order valence-corrected chi connectivity index (χ4v) is 9.96. The number of anilines is 2. The molecule has 0 aromatic heterocycles. The molecule has 6 aromatic carbocycles. The number of carbonyl (C=O) groups is 2. The first-order chi connectivity index (χ1) is 32.9. The first kappa shape index (κ1) is 51.5. The van der Waals surface area contributed by atoms with Gasteiger partial charge in [0.1, 0.15) is 11.6 Å². The SMILES string of the molecule is N#Cc1cccc(S(=O)(=O)N(Cc2ccc(Cl)cc2)c2ccc(F)c(C(=O)N3CC(O)C3)c2)c1.N#Cc1cccc(S(=O)(=O)N(Cc2ccc(Cl)cc2)c2ccc(F)c(C(=O)NC(CO)CO)c2)c1. The van der Waals surface area contributed by atoms with Crippen LogP contribution in [0.4, 0.5) is 20.2 Å². The minimum absolute atomic E-state index is 0.0154. The molecule has 0 saturated carbocycles. The summed E-state index contributed by atoms with van der Waals surface area (Å²) in [4.78, 5) is 26.3. The van der Waals surface area contributed by atoms with Gasteiger partial charge in [-0.25, -0.2) is 25.6 Å². The summed E-state index contributed by atoms with van der Waals surface area (Å²) in [6, 6.07) is 33.5. The van der Waals surface area contributed by atoms with Gasteiger partial charge in [-0.2, -0.15) is 10.5 Å². The fraction of sp³-hybridized carbons (Fsp3) is 0.167. The number of β-amino-alcohol motifs (C(OH)–C–C–N with tert-alkyl or cyclic N) is 1. The van der Waals surface area contributed by atoms with Crippen molar-refractivity contribution in [3.8, 4) is 12.1 Å². The van der Waals surface area contributed by atoms with E-state index < -0.39 is 74.4 Å². The maximum absolute atomic E-state index is 14.6. The summed E-state index contributed by atoms with van der Waals surface area (Å²) in [6.07, 6.45) is -0.663. The second-order valence-electron chi connectivity index (χ2n) is 15.3. The van der Waals surface area contributed by atoms with E-state index in [1.54, 1.807) is 48.5 Å². The number of carbonyl (C=O) groups excluding carboxylic acids is 2. The molecule has 0 spiro atoms. The Morgan fingerprint density at radius 1 is 0.667 bits per heavy atom. The molecule has 2 amide bonds. The number of halogens is 4. The van der Waals surface area contributed by atoms with E-state index in [4.69, 9.17) is 23.2 Å². The summed E-state index contributed by atoms with van der Waals surface area (Å²) in [5, 5.41) is 49.5. The van der Waals surface area contributed by atoms with Gasteiger partial charge in [-0.05, 0) is 108 Å². The van der Waals surface area contributed by atoms with E-state index in [9.17, 15) is 61.0 Å². The van der Waals surface area contributed by atoms with Crippen molar-refractivity contribution in [2.24, 2.45) is 0 Å². The lowest BCUT2D eigenvalue weighted by atomic mass is 10.1. The van der Waals surface area contributed by atoms with Crippen molar-refractivity contribution in [2.75, 3.05) is 34.9 Å². The van der Waals surface area contributed by atoms with E-state index in [0.717, 1.165) is 26.8 Å². The molecule has 69 heavy (non-hydrogen) atoms. The lowest BCUT2D eigenvalue weighted by Gasteiger charge is -2.36. The smallest absolute Gasteiger partial charge is 0.264 e.